The molecule has 1 aromatic heterocycles. The van der Waals surface area contributed by atoms with Crippen LogP contribution in [0, 0.1) is 29.1 Å². The van der Waals surface area contributed by atoms with Crippen molar-refractivity contribution >= 4 is 0 Å². The molecule has 0 saturated carbocycles. The fraction of sp³-hybridized carbons (Fsp3) is 0.111. The SMILES string of the molecule is Fc1c(F)c(F)c(-c2c[nH]c(-c3cc(C(F)(F)F)cc(C(F)(F)F)c3)c2)c(F)c1F. The first-order valence-corrected chi connectivity index (χ1v) is 7.72. The van der Waals surface area contributed by atoms with E-state index in [1.54, 1.807) is 0 Å². The maximum Gasteiger partial charge on any atom is 0.416 e. The van der Waals surface area contributed by atoms with Gasteiger partial charge in [0.05, 0.1) is 16.7 Å². The fourth-order valence-corrected chi connectivity index (χ4v) is 2.67. The lowest BCUT2D eigenvalue weighted by Gasteiger charge is -2.13. The number of nitrogens with one attached hydrogen (secondary N) is 1. The predicted octanol–water partition coefficient (Wildman–Crippen LogP) is 7.08. The summed E-state index contributed by atoms with van der Waals surface area (Å²) in [5, 5.41) is 0. The summed E-state index contributed by atoms with van der Waals surface area (Å²) in [7, 11) is 0. The zero-order valence-corrected chi connectivity index (χ0v) is 14.0. The maximum atomic E-state index is 13.9. The fourth-order valence-electron chi connectivity index (χ4n) is 2.67. The van der Waals surface area contributed by atoms with Crippen LogP contribution in [0.1, 0.15) is 11.1 Å². The van der Waals surface area contributed by atoms with Crippen LogP contribution in [0.2, 0.25) is 0 Å². The van der Waals surface area contributed by atoms with Gasteiger partial charge < -0.3 is 4.98 Å². The molecule has 0 saturated heterocycles. The van der Waals surface area contributed by atoms with Gasteiger partial charge in [-0.2, -0.15) is 26.3 Å². The maximum absolute atomic E-state index is 13.9. The smallest absolute Gasteiger partial charge is 0.361 e. The molecule has 0 unspecified atom stereocenters. The number of alkyl halides is 6. The summed E-state index contributed by atoms with van der Waals surface area (Å²) in [6.45, 7) is 0. The summed E-state index contributed by atoms with van der Waals surface area (Å²) in [6, 6.07) is 1.21. The second-order valence-electron chi connectivity index (χ2n) is 6.04. The first kappa shape index (κ1) is 21.7. The Labute approximate surface area is 159 Å². The molecule has 0 aliphatic rings. The van der Waals surface area contributed by atoms with E-state index in [1.807, 2.05) is 0 Å². The van der Waals surface area contributed by atoms with Crippen LogP contribution in [0.3, 0.4) is 0 Å². The van der Waals surface area contributed by atoms with E-state index < -0.39 is 74.9 Å². The van der Waals surface area contributed by atoms with Crippen molar-refractivity contribution in [1.82, 2.24) is 4.98 Å². The lowest BCUT2D eigenvalue weighted by Crippen LogP contribution is -2.11. The molecule has 2 aromatic carbocycles. The Morgan fingerprint density at radius 2 is 0.967 bits per heavy atom. The number of hydrogen-bond donors (Lipinski definition) is 1. The van der Waals surface area contributed by atoms with E-state index in [9.17, 15) is 48.3 Å². The normalized spacial score (nSPS) is 12.5. The summed E-state index contributed by atoms with van der Waals surface area (Å²) in [5.74, 6) is -11.4. The quantitative estimate of drug-likeness (QED) is 0.247. The van der Waals surface area contributed by atoms with E-state index in [0.29, 0.717) is 24.4 Å². The molecule has 0 radical (unpaired) electrons. The van der Waals surface area contributed by atoms with Crippen LogP contribution < -0.4 is 0 Å². The summed E-state index contributed by atoms with van der Waals surface area (Å²) in [6.07, 6.45) is -9.61. The third-order valence-corrected chi connectivity index (χ3v) is 4.08. The first-order valence-electron chi connectivity index (χ1n) is 7.72. The van der Waals surface area contributed by atoms with Gasteiger partial charge in [-0.25, -0.2) is 22.0 Å². The minimum Gasteiger partial charge on any atom is -0.361 e. The Morgan fingerprint density at radius 3 is 1.40 bits per heavy atom. The molecule has 1 nitrogen and oxygen atoms in total. The number of aromatic amines is 1. The topological polar surface area (TPSA) is 15.8 Å². The van der Waals surface area contributed by atoms with Gasteiger partial charge in [0, 0.05) is 17.5 Å². The van der Waals surface area contributed by atoms with Crippen LogP contribution >= 0.6 is 0 Å². The van der Waals surface area contributed by atoms with E-state index >= 15 is 0 Å². The van der Waals surface area contributed by atoms with E-state index in [-0.39, 0.29) is 6.07 Å². The van der Waals surface area contributed by atoms with Crippen molar-refractivity contribution in [3.63, 3.8) is 0 Å². The van der Waals surface area contributed by atoms with Gasteiger partial charge in [0.25, 0.3) is 0 Å². The van der Waals surface area contributed by atoms with E-state index in [1.165, 1.54) is 0 Å². The molecular formula is C18H6F11N. The van der Waals surface area contributed by atoms with E-state index in [2.05, 4.69) is 4.98 Å². The highest BCUT2D eigenvalue weighted by Crippen LogP contribution is 2.39. The monoisotopic (exact) mass is 445 g/mol. The van der Waals surface area contributed by atoms with Gasteiger partial charge in [-0.3, -0.25) is 0 Å². The van der Waals surface area contributed by atoms with Crippen molar-refractivity contribution in [3.8, 4) is 22.4 Å². The molecule has 0 spiro atoms. The molecule has 3 rings (SSSR count). The van der Waals surface area contributed by atoms with Gasteiger partial charge in [0.2, 0.25) is 5.82 Å². The molecule has 1 heterocycles. The van der Waals surface area contributed by atoms with Gasteiger partial charge in [-0.15, -0.1) is 0 Å². The number of aromatic nitrogens is 1. The largest absolute Gasteiger partial charge is 0.416 e. The lowest BCUT2D eigenvalue weighted by atomic mass is 10.0. The Hall–Kier alpha value is -3.05. The summed E-state index contributed by atoms with van der Waals surface area (Å²) in [5.41, 5.74) is -6.53. The molecule has 3 aromatic rings. The molecule has 0 amide bonds. The molecule has 0 atom stereocenters. The molecular weight excluding hydrogens is 439 g/mol. The Kier molecular flexibility index (Phi) is 5.07. The number of benzene rings is 2. The zero-order valence-electron chi connectivity index (χ0n) is 14.0. The molecule has 0 aliphatic carbocycles. The van der Waals surface area contributed by atoms with Gasteiger partial charge in [0.15, 0.2) is 23.3 Å². The van der Waals surface area contributed by atoms with Crippen molar-refractivity contribution in [2.75, 3.05) is 0 Å². The Balaban J connectivity index is 2.19. The summed E-state index contributed by atoms with van der Waals surface area (Å²) < 4.78 is 145. The van der Waals surface area contributed by atoms with Crippen molar-refractivity contribution in [2.45, 2.75) is 12.4 Å². The van der Waals surface area contributed by atoms with Crippen molar-refractivity contribution in [2.24, 2.45) is 0 Å². The van der Waals surface area contributed by atoms with Crippen molar-refractivity contribution in [1.29, 1.82) is 0 Å². The van der Waals surface area contributed by atoms with Crippen LogP contribution in [0.5, 0.6) is 0 Å². The molecule has 12 heteroatoms. The average Bonchev–Trinajstić information content (AvgIpc) is 3.13. The highest BCUT2D eigenvalue weighted by molar-refractivity contribution is 5.73. The third-order valence-electron chi connectivity index (χ3n) is 4.08. The van der Waals surface area contributed by atoms with Crippen LogP contribution in [0.25, 0.3) is 22.4 Å². The van der Waals surface area contributed by atoms with Crippen LogP contribution in [0.15, 0.2) is 30.5 Å². The van der Waals surface area contributed by atoms with Crippen LogP contribution in [-0.2, 0) is 12.4 Å². The number of halogens is 11. The minimum absolute atomic E-state index is 0.128. The summed E-state index contributed by atoms with van der Waals surface area (Å²) in [4.78, 5) is 2.18. The second kappa shape index (κ2) is 7.03. The van der Waals surface area contributed by atoms with E-state index in [0.717, 1.165) is 0 Å². The molecule has 0 bridgehead atoms. The number of hydrogen-bond acceptors (Lipinski definition) is 0. The Bertz CT molecular complexity index is 1060. The molecule has 160 valence electrons. The lowest BCUT2D eigenvalue weighted by molar-refractivity contribution is -0.143. The van der Waals surface area contributed by atoms with E-state index in [4.69, 9.17) is 0 Å². The standard InChI is InChI=1S/C18H6F11N/c19-12-11(13(20)15(22)16(23)14(12)21)7-3-10(30-5-7)6-1-8(17(24,25)26)4-9(2-6)18(27,28)29/h1-5,30H. The van der Waals surface area contributed by atoms with Crippen molar-refractivity contribution in [3.05, 3.63) is 70.7 Å². The molecule has 30 heavy (non-hydrogen) atoms. The minimum atomic E-state index is -5.15. The zero-order chi connectivity index (χ0) is 22.6. The van der Waals surface area contributed by atoms with Crippen LogP contribution in [0.4, 0.5) is 48.3 Å². The molecule has 1 N–H and O–H groups in total. The average molecular weight is 445 g/mol. The van der Waals surface area contributed by atoms with Crippen LogP contribution in [-0.4, -0.2) is 4.98 Å². The molecule has 0 fully saturated rings. The highest BCUT2D eigenvalue weighted by Gasteiger charge is 2.37. The summed E-state index contributed by atoms with van der Waals surface area (Å²) >= 11 is 0. The van der Waals surface area contributed by atoms with Gasteiger partial charge in [0.1, 0.15) is 0 Å². The predicted molar refractivity (Wildman–Crippen MR) is 81.5 cm³/mol. The second-order valence-corrected chi connectivity index (χ2v) is 6.04. The number of H-pyrrole nitrogens is 1. The van der Waals surface area contributed by atoms with Gasteiger partial charge in [-0.1, -0.05) is 0 Å². The third kappa shape index (κ3) is 3.73. The highest BCUT2D eigenvalue weighted by atomic mass is 19.4. The van der Waals surface area contributed by atoms with Gasteiger partial charge >= 0.3 is 12.4 Å². The number of rotatable bonds is 2. The van der Waals surface area contributed by atoms with Gasteiger partial charge in [-0.05, 0) is 29.8 Å². The Morgan fingerprint density at radius 1 is 0.533 bits per heavy atom. The first-order chi connectivity index (χ1) is 13.7. The van der Waals surface area contributed by atoms with Crippen molar-refractivity contribution < 1.29 is 48.3 Å². The molecule has 0 aliphatic heterocycles.